The molecule has 0 spiro atoms. The Kier molecular flexibility index (Phi) is 4.89. The third-order valence-corrected chi connectivity index (χ3v) is 4.96. The van der Waals surface area contributed by atoms with E-state index < -0.39 is 50.9 Å². The average Bonchev–Trinajstić information content (AvgIpc) is 3.14. The van der Waals surface area contributed by atoms with Gasteiger partial charge >= 0.3 is 6.18 Å². The maximum absolute atomic E-state index is 13.1. The lowest BCUT2D eigenvalue weighted by molar-refractivity contribution is -0.384. The zero-order chi connectivity index (χ0) is 23.4. The molecule has 4 rings (SSSR count). The van der Waals surface area contributed by atoms with Crippen molar-refractivity contribution in [3.63, 3.8) is 0 Å². The molecule has 2 aromatic carbocycles. The smallest absolute Gasteiger partial charge is 0.434 e. The highest BCUT2D eigenvalue weighted by atomic mass is 35.5. The van der Waals surface area contributed by atoms with Gasteiger partial charge in [0.2, 0.25) is 0 Å². The van der Waals surface area contributed by atoms with Gasteiger partial charge in [0.05, 0.1) is 16.1 Å². The fourth-order valence-corrected chi connectivity index (χ4v) is 3.57. The summed E-state index contributed by atoms with van der Waals surface area (Å²) in [5, 5.41) is 14.3. The number of ether oxygens (including phenoxy) is 1. The number of nitro benzene ring substituents is 1. The molecule has 2 amide bonds. The van der Waals surface area contributed by atoms with Crippen molar-refractivity contribution in [3.05, 3.63) is 74.4 Å². The molecule has 1 aliphatic heterocycles. The van der Waals surface area contributed by atoms with Gasteiger partial charge in [0.25, 0.3) is 23.4 Å². The fraction of sp³-hybridized carbons (Fsp3) is 0.105. The molecular weight excluding hydrogens is 457 g/mol. The molecule has 0 N–H and O–H groups in total. The summed E-state index contributed by atoms with van der Waals surface area (Å²) in [6, 6.07) is 8.87. The lowest BCUT2D eigenvalue weighted by Gasteiger charge is -2.15. The summed E-state index contributed by atoms with van der Waals surface area (Å²) < 4.78 is 45.2. The van der Waals surface area contributed by atoms with Crippen LogP contribution in [0.25, 0.3) is 0 Å². The van der Waals surface area contributed by atoms with Crippen molar-refractivity contribution >= 4 is 34.8 Å². The number of hydrogen-bond donors (Lipinski definition) is 0. The molecule has 9 nitrogen and oxygen atoms in total. The summed E-state index contributed by atoms with van der Waals surface area (Å²) in [5.41, 5.74) is -2.14. The molecule has 3 aromatic rings. The number of rotatable bonds is 4. The quantitative estimate of drug-likeness (QED) is 0.316. The van der Waals surface area contributed by atoms with Crippen LogP contribution < -0.4 is 9.64 Å². The first-order valence-electron chi connectivity index (χ1n) is 8.74. The maximum Gasteiger partial charge on any atom is 0.434 e. The van der Waals surface area contributed by atoms with Crippen molar-refractivity contribution in [2.75, 3.05) is 4.90 Å². The number of hydrogen-bond acceptors (Lipinski definition) is 6. The predicted octanol–water partition coefficient (Wildman–Crippen LogP) is 4.59. The van der Waals surface area contributed by atoms with Gasteiger partial charge in [-0.3, -0.25) is 24.4 Å². The van der Waals surface area contributed by atoms with Crippen molar-refractivity contribution in [3.8, 4) is 11.6 Å². The van der Waals surface area contributed by atoms with Crippen LogP contribution in [0.4, 0.5) is 24.5 Å². The van der Waals surface area contributed by atoms with Crippen molar-refractivity contribution < 1.29 is 32.4 Å². The van der Waals surface area contributed by atoms with E-state index in [1.807, 2.05) is 0 Å². The Labute approximate surface area is 181 Å². The van der Waals surface area contributed by atoms with E-state index >= 15 is 0 Å². The Bertz CT molecular complexity index is 1270. The van der Waals surface area contributed by atoms with Gasteiger partial charge in [-0.2, -0.15) is 13.2 Å². The number of aryl methyl sites for hydroxylation is 1. The minimum Gasteiger partial charge on any atom is -0.436 e. The molecule has 0 saturated heterocycles. The van der Waals surface area contributed by atoms with Gasteiger partial charge in [0, 0.05) is 19.2 Å². The Morgan fingerprint density at radius 3 is 2.19 bits per heavy atom. The summed E-state index contributed by atoms with van der Waals surface area (Å²) >= 11 is 5.76. The number of aromatic nitrogens is 2. The Balaban J connectivity index is 1.78. The molecule has 0 fully saturated rings. The minimum atomic E-state index is -4.80. The molecule has 164 valence electrons. The Morgan fingerprint density at radius 1 is 1.09 bits per heavy atom. The summed E-state index contributed by atoms with van der Waals surface area (Å²) in [6.45, 7) is 0. The molecule has 0 saturated carbocycles. The first-order chi connectivity index (χ1) is 15.0. The van der Waals surface area contributed by atoms with E-state index in [4.69, 9.17) is 16.3 Å². The number of imide groups is 1. The molecular formula is C19H10ClF3N4O5. The first-order valence-corrected chi connectivity index (χ1v) is 9.12. The highest BCUT2D eigenvalue weighted by Gasteiger charge is 2.41. The second-order valence-electron chi connectivity index (χ2n) is 6.59. The van der Waals surface area contributed by atoms with E-state index in [0.717, 1.165) is 25.2 Å². The molecule has 0 bridgehead atoms. The number of amides is 2. The summed E-state index contributed by atoms with van der Waals surface area (Å²) in [6.07, 6.45) is -4.80. The van der Waals surface area contributed by atoms with Crippen LogP contribution in [-0.4, -0.2) is 26.5 Å². The monoisotopic (exact) mass is 466 g/mol. The van der Waals surface area contributed by atoms with Crippen LogP contribution in [0.3, 0.4) is 0 Å². The number of nitrogens with zero attached hydrogens (tertiary/aromatic N) is 4. The maximum atomic E-state index is 13.1. The highest BCUT2D eigenvalue weighted by molar-refractivity contribution is 6.35. The molecule has 1 aliphatic rings. The van der Waals surface area contributed by atoms with Gasteiger partial charge in [-0.15, -0.1) is 5.10 Å². The van der Waals surface area contributed by atoms with E-state index in [1.54, 1.807) is 0 Å². The zero-order valence-corrected chi connectivity index (χ0v) is 16.6. The molecule has 0 aliphatic carbocycles. The molecule has 32 heavy (non-hydrogen) atoms. The number of anilines is 1. The molecule has 13 heteroatoms. The van der Waals surface area contributed by atoms with Crippen molar-refractivity contribution in [2.45, 2.75) is 6.18 Å². The first kappa shape index (κ1) is 21.3. The van der Waals surface area contributed by atoms with Crippen LogP contribution in [0.2, 0.25) is 5.02 Å². The number of carbonyl (C=O) groups excluding carboxylic acids is 2. The van der Waals surface area contributed by atoms with Crippen molar-refractivity contribution in [1.82, 2.24) is 9.78 Å². The number of fused-ring (bicyclic) bond motifs is 1. The van der Waals surface area contributed by atoms with Crippen molar-refractivity contribution in [2.24, 2.45) is 7.05 Å². The van der Waals surface area contributed by atoms with Gasteiger partial charge in [0.15, 0.2) is 5.69 Å². The third-order valence-electron chi connectivity index (χ3n) is 4.62. The predicted molar refractivity (Wildman–Crippen MR) is 104 cm³/mol. The van der Waals surface area contributed by atoms with Crippen LogP contribution in [0, 0.1) is 10.1 Å². The number of halogens is 4. The summed E-state index contributed by atoms with van der Waals surface area (Å²) in [5.74, 6) is -2.42. The van der Waals surface area contributed by atoms with Crippen molar-refractivity contribution in [1.29, 1.82) is 0 Å². The minimum absolute atomic E-state index is 0.0562. The average molecular weight is 467 g/mol. The van der Waals surface area contributed by atoms with E-state index in [0.29, 0.717) is 9.58 Å². The Hall–Kier alpha value is -3.93. The topological polar surface area (TPSA) is 108 Å². The van der Waals surface area contributed by atoms with Crippen LogP contribution >= 0.6 is 11.6 Å². The molecule has 2 heterocycles. The highest BCUT2D eigenvalue weighted by Crippen LogP contribution is 2.42. The van der Waals surface area contributed by atoms with Gasteiger partial charge in [-0.1, -0.05) is 23.7 Å². The van der Waals surface area contributed by atoms with Gasteiger partial charge in [-0.05, 0) is 18.2 Å². The van der Waals surface area contributed by atoms with E-state index in [2.05, 4.69) is 5.10 Å². The normalized spacial score (nSPS) is 13.5. The van der Waals surface area contributed by atoms with E-state index in [-0.39, 0.29) is 16.9 Å². The van der Waals surface area contributed by atoms with E-state index in [1.165, 1.54) is 24.3 Å². The van der Waals surface area contributed by atoms with Gasteiger partial charge < -0.3 is 4.74 Å². The molecule has 0 unspecified atom stereocenters. The number of carbonyl (C=O) groups is 2. The van der Waals surface area contributed by atoms with Crippen LogP contribution in [0.1, 0.15) is 26.4 Å². The largest absolute Gasteiger partial charge is 0.436 e. The van der Waals surface area contributed by atoms with Crippen LogP contribution in [0.5, 0.6) is 11.6 Å². The lowest BCUT2D eigenvalue weighted by Crippen LogP contribution is -2.30. The van der Waals surface area contributed by atoms with E-state index in [9.17, 15) is 32.9 Å². The number of benzene rings is 2. The summed E-state index contributed by atoms with van der Waals surface area (Å²) in [4.78, 5) is 36.8. The van der Waals surface area contributed by atoms with Gasteiger partial charge in [-0.25, -0.2) is 4.90 Å². The Morgan fingerprint density at radius 2 is 1.69 bits per heavy atom. The SMILES string of the molecule is Cn1nc(Oc2ccc([N+](=O)[O-])c(N3C(=O)c4ccccc4C3=O)c2)c(Cl)c1C(F)(F)F. The molecule has 0 radical (unpaired) electrons. The fourth-order valence-electron chi connectivity index (χ4n) is 3.27. The van der Waals surface area contributed by atoms with Gasteiger partial charge in [0.1, 0.15) is 16.5 Å². The molecule has 0 atom stereocenters. The lowest BCUT2D eigenvalue weighted by atomic mass is 10.1. The molecule has 1 aromatic heterocycles. The number of nitro groups is 1. The zero-order valence-electron chi connectivity index (χ0n) is 15.9. The second-order valence-corrected chi connectivity index (χ2v) is 6.97. The summed E-state index contributed by atoms with van der Waals surface area (Å²) in [7, 11) is 1.02. The van der Waals surface area contributed by atoms with Crippen LogP contribution in [0.15, 0.2) is 42.5 Å². The van der Waals surface area contributed by atoms with Crippen LogP contribution in [-0.2, 0) is 13.2 Å². The third kappa shape index (κ3) is 3.34. The number of alkyl halides is 3. The standard InChI is InChI=1S/C19H10ClF3N4O5/c1-25-15(19(21,22)23)14(20)16(24-25)32-9-6-7-12(27(30)31)13(8-9)26-17(28)10-4-2-3-5-11(10)18(26)29/h2-8H,1H3. The second kappa shape index (κ2) is 7.34.